The van der Waals surface area contributed by atoms with E-state index in [-0.39, 0.29) is 0 Å². The van der Waals surface area contributed by atoms with Crippen molar-refractivity contribution in [1.82, 2.24) is 4.98 Å². The second-order valence-corrected chi connectivity index (χ2v) is 3.96. The lowest BCUT2D eigenvalue weighted by molar-refractivity contribution is -0.408. The van der Waals surface area contributed by atoms with Crippen molar-refractivity contribution in [1.29, 1.82) is 0 Å². The third-order valence-electron chi connectivity index (χ3n) is 2.57. The van der Waals surface area contributed by atoms with Crippen LogP contribution < -0.4 is 5.32 Å². The summed E-state index contributed by atoms with van der Waals surface area (Å²) in [6.45, 7) is 0. The highest BCUT2D eigenvalue weighted by Crippen LogP contribution is 2.37. The molecule has 22 heavy (non-hydrogen) atoms. The molecule has 2 rings (SSSR count). The van der Waals surface area contributed by atoms with Crippen LogP contribution in [-0.2, 0) is 0 Å². The van der Waals surface area contributed by atoms with Gasteiger partial charge in [0.15, 0.2) is 0 Å². The summed E-state index contributed by atoms with van der Waals surface area (Å²) in [5.74, 6) is -1.97. The summed E-state index contributed by atoms with van der Waals surface area (Å²) in [5, 5.41) is 35.3. The molecule has 0 saturated carbocycles. The van der Waals surface area contributed by atoms with E-state index < -0.39 is 37.8 Å². The van der Waals surface area contributed by atoms with E-state index in [9.17, 15) is 30.3 Å². The minimum Gasteiger partial charge on any atom is -0.358 e. The van der Waals surface area contributed by atoms with Crippen LogP contribution >= 0.6 is 0 Å². The Morgan fingerprint density at radius 1 is 0.909 bits per heavy atom. The molecule has 0 unspecified atom stereocenters. The number of para-hydroxylation sites is 1. The lowest BCUT2D eigenvalue weighted by Crippen LogP contribution is -2.06. The molecule has 0 atom stereocenters. The van der Waals surface area contributed by atoms with Gasteiger partial charge in [-0.2, -0.15) is 0 Å². The molecule has 0 fully saturated rings. The highest BCUT2D eigenvalue weighted by Gasteiger charge is 2.32. The van der Waals surface area contributed by atoms with E-state index in [1.807, 2.05) is 0 Å². The number of hydrogen-bond acceptors (Lipinski definition) is 8. The van der Waals surface area contributed by atoms with Crippen LogP contribution in [0.4, 0.5) is 28.7 Å². The summed E-state index contributed by atoms with van der Waals surface area (Å²) in [6.07, 6.45) is 0. The van der Waals surface area contributed by atoms with Gasteiger partial charge in [-0.1, -0.05) is 18.2 Å². The average molecular weight is 305 g/mol. The number of hydrogen-bond donors (Lipinski definition) is 1. The maximum absolute atomic E-state index is 11.1. The van der Waals surface area contributed by atoms with Crippen LogP contribution in [0.2, 0.25) is 0 Å². The normalized spacial score (nSPS) is 10.0. The molecule has 0 amide bonds. The number of benzene rings is 1. The van der Waals surface area contributed by atoms with Crippen LogP contribution in [0.5, 0.6) is 0 Å². The van der Waals surface area contributed by atoms with Gasteiger partial charge < -0.3 is 25.5 Å². The van der Waals surface area contributed by atoms with Crippen molar-refractivity contribution in [3.8, 4) is 0 Å². The van der Waals surface area contributed by atoms with E-state index in [1.54, 1.807) is 18.2 Å². The molecular weight excluding hydrogens is 298 g/mol. The van der Waals surface area contributed by atoms with Crippen molar-refractivity contribution >= 4 is 28.7 Å². The van der Waals surface area contributed by atoms with E-state index in [2.05, 4.69) is 10.3 Å². The Balaban J connectivity index is 2.66. The van der Waals surface area contributed by atoms with Gasteiger partial charge in [-0.3, -0.25) is 10.1 Å². The number of nitrogens with zero attached hydrogens (tertiary/aromatic N) is 4. The van der Waals surface area contributed by atoms with E-state index >= 15 is 0 Å². The van der Waals surface area contributed by atoms with Crippen LogP contribution in [0, 0.1) is 30.3 Å². The first-order valence-electron chi connectivity index (χ1n) is 5.70. The van der Waals surface area contributed by atoms with Gasteiger partial charge in [-0.15, -0.1) is 0 Å². The van der Waals surface area contributed by atoms with Crippen molar-refractivity contribution in [3.63, 3.8) is 0 Å². The zero-order chi connectivity index (χ0) is 16.3. The van der Waals surface area contributed by atoms with Crippen LogP contribution in [-0.4, -0.2) is 19.8 Å². The molecule has 0 aliphatic heterocycles. The van der Waals surface area contributed by atoms with Gasteiger partial charge in [0.2, 0.25) is 5.69 Å². The van der Waals surface area contributed by atoms with E-state index in [0.29, 0.717) is 11.8 Å². The molecule has 0 aliphatic rings. The van der Waals surface area contributed by atoms with E-state index in [4.69, 9.17) is 0 Å². The Hall–Kier alpha value is -3.63. The maximum Gasteiger partial charge on any atom is 0.399 e. The fraction of sp³-hybridized carbons (Fsp3) is 0. The van der Waals surface area contributed by atoms with Crippen molar-refractivity contribution in [2.24, 2.45) is 0 Å². The molecule has 2 aromatic rings. The number of anilines is 2. The monoisotopic (exact) mass is 305 g/mol. The van der Waals surface area contributed by atoms with Crippen LogP contribution in [0.1, 0.15) is 0 Å². The van der Waals surface area contributed by atoms with Gasteiger partial charge in [0.1, 0.15) is 6.07 Å². The van der Waals surface area contributed by atoms with E-state index in [0.717, 1.165) is 0 Å². The number of rotatable bonds is 5. The number of nitrogens with one attached hydrogen (secondary N) is 1. The van der Waals surface area contributed by atoms with Gasteiger partial charge >= 0.3 is 17.3 Å². The summed E-state index contributed by atoms with van der Waals surface area (Å²) >= 11 is 0. The minimum atomic E-state index is -1.04. The van der Waals surface area contributed by atoms with Crippen LogP contribution in [0.15, 0.2) is 36.4 Å². The molecule has 112 valence electrons. The number of nitro groups is 3. The first-order chi connectivity index (χ1) is 10.4. The summed E-state index contributed by atoms with van der Waals surface area (Å²) < 4.78 is 0. The average Bonchev–Trinajstić information content (AvgIpc) is 2.47. The second kappa shape index (κ2) is 5.78. The molecular formula is C11H7N5O6. The Kier molecular flexibility index (Phi) is 3.88. The molecule has 1 aromatic heterocycles. The number of aromatic nitrogens is 1. The second-order valence-electron chi connectivity index (χ2n) is 3.96. The predicted molar refractivity (Wildman–Crippen MR) is 73.9 cm³/mol. The molecule has 0 aliphatic carbocycles. The Bertz CT molecular complexity index is 728. The molecule has 1 N–H and O–H groups in total. The van der Waals surface area contributed by atoms with Crippen molar-refractivity contribution in [3.05, 3.63) is 66.7 Å². The van der Waals surface area contributed by atoms with Gasteiger partial charge in [0.05, 0.1) is 4.92 Å². The lowest BCUT2D eigenvalue weighted by atomic mass is 10.2. The highest BCUT2D eigenvalue weighted by molar-refractivity contribution is 5.78. The smallest absolute Gasteiger partial charge is 0.358 e. The summed E-state index contributed by atoms with van der Waals surface area (Å²) in [6, 6.07) is 8.52. The topological polar surface area (TPSA) is 154 Å². The van der Waals surface area contributed by atoms with Crippen LogP contribution in [0.3, 0.4) is 0 Å². The highest BCUT2D eigenvalue weighted by atomic mass is 16.6. The maximum atomic E-state index is 11.1. The molecule has 0 radical (unpaired) electrons. The summed E-state index contributed by atoms with van der Waals surface area (Å²) in [4.78, 5) is 33.0. The zero-order valence-corrected chi connectivity index (χ0v) is 10.7. The Labute approximate surface area is 121 Å². The Morgan fingerprint density at radius 2 is 1.55 bits per heavy atom. The summed E-state index contributed by atoms with van der Waals surface area (Å²) in [5.41, 5.74) is -0.992. The molecule has 0 bridgehead atoms. The van der Waals surface area contributed by atoms with Gasteiger partial charge in [-0.25, -0.2) is 0 Å². The SMILES string of the molecule is O=[N+]([O-])c1cc([N+](=O)[O-])c(Nc2ccccc2)c([N+](=O)[O-])n1. The molecule has 1 heterocycles. The number of pyridine rings is 1. The molecule has 11 nitrogen and oxygen atoms in total. The standard InChI is InChI=1S/C11H7N5O6/c17-14(18)8-6-9(15(19)20)13-11(16(21)22)10(8)12-7-4-2-1-3-5-7/h1-6,12H. The molecule has 0 saturated heterocycles. The zero-order valence-electron chi connectivity index (χ0n) is 10.7. The fourth-order valence-electron chi connectivity index (χ4n) is 1.66. The summed E-state index contributed by atoms with van der Waals surface area (Å²) in [7, 11) is 0. The van der Waals surface area contributed by atoms with Crippen LogP contribution in [0.25, 0.3) is 0 Å². The fourth-order valence-corrected chi connectivity index (χ4v) is 1.66. The molecule has 0 spiro atoms. The minimum absolute atomic E-state index is 0.337. The predicted octanol–water partition coefficient (Wildman–Crippen LogP) is 2.55. The van der Waals surface area contributed by atoms with Crippen molar-refractivity contribution in [2.45, 2.75) is 0 Å². The van der Waals surface area contributed by atoms with Gasteiger partial charge in [-0.05, 0) is 22.0 Å². The first-order valence-corrected chi connectivity index (χ1v) is 5.70. The third kappa shape index (κ3) is 2.92. The molecule has 11 heteroatoms. The van der Waals surface area contributed by atoms with Crippen molar-refractivity contribution < 1.29 is 14.8 Å². The third-order valence-corrected chi connectivity index (χ3v) is 2.57. The first kappa shape index (κ1) is 14.8. The Morgan fingerprint density at radius 3 is 2.05 bits per heavy atom. The van der Waals surface area contributed by atoms with Gasteiger partial charge in [0.25, 0.3) is 0 Å². The van der Waals surface area contributed by atoms with Gasteiger partial charge in [0, 0.05) is 10.7 Å². The quantitative estimate of drug-likeness (QED) is 0.652. The van der Waals surface area contributed by atoms with E-state index in [1.165, 1.54) is 12.1 Å². The molecule has 1 aromatic carbocycles. The largest absolute Gasteiger partial charge is 0.399 e. The lowest BCUT2D eigenvalue weighted by Gasteiger charge is -2.07. The van der Waals surface area contributed by atoms with Crippen molar-refractivity contribution in [2.75, 3.05) is 5.32 Å².